The highest BCUT2D eigenvalue weighted by molar-refractivity contribution is 7.80. The second-order valence-corrected chi connectivity index (χ2v) is 9.47. The molecule has 196 valence electrons. The minimum Gasteiger partial charge on any atom is -0.508 e. The van der Waals surface area contributed by atoms with Gasteiger partial charge in [-0.3, -0.25) is 0 Å². The van der Waals surface area contributed by atoms with E-state index in [-0.39, 0.29) is 0 Å². The van der Waals surface area contributed by atoms with Crippen LogP contribution in [0.25, 0.3) is 10.9 Å². The summed E-state index contributed by atoms with van der Waals surface area (Å²) < 4.78 is 0. The van der Waals surface area contributed by atoms with Crippen LogP contribution in [0, 0.1) is 0 Å². The van der Waals surface area contributed by atoms with Gasteiger partial charge < -0.3 is 20.7 Å². The standard InChI is InChI=1S/C31H45N3OS/c1-2-3-4-5-6-7-8-9-10-11-12-13-14-15-16-17-18-19-23-32-31(36)33-24-22-27-26-34-30-21-20-28(35)25-29(27)30/h6-7,9-10,12-13,15-16,20-21,25-26,34-35H,2-5,8,11,14,17-19,22-24H2,1H3,(H2,32,33,36)/b7-6-,10-9-,13-12-,16-15-. The van der Waals surface area contributed by atoms with Crippen LogP contribution in [-0.4, -0.2) is 28.3 Å². The molecule has 0 unspecified atom stereocenters. The third kappa shape index (κ3) is 13.3. The van der Waals surface area contributed by atoms with Gasteiger partial charge in [-0.1, -0.05) is 68.4 Å². The van der Waals surface area contributed by atoms with E-state index in [1.807, 2.05) is 12.3 Å². The normalized spacial score (nSPS) is 12.1. The lowest BCUT2D eigenvalue weighted by Gasteiger charge is -2.10. The lowest BCUT2D eigenvalue weighted by atomic mass is 10.1. The molecule has 0 saturated carbocycles. The van der Waals surface area contributed by atoms with E-state index in [0.717, 1.165) is 68.9 Å². The average molecular weight is 508 g/mol. The van der Waals surface area contributed by atoms with Crippen molar-refractivity contribution in [3.8, 4) is 5.75 Å². The highest BCUT2D eigenvalue weighted by Crippen LogP contribution is 2.23. The zero-order valence-electron chi connectivity index (χ0n) is 22.0. The SMILES string of the molecule is CCCCC/C=C\C/C=C\C/C=C\C/C=C\CCCCNC(=S)NCCc1c[nH]c2ccc(O)cc12. The van der Waals surface area contributed by atoms with E-state index < -0.39 is 0 Å². The molecular formula is C31H45N3OS. The fourth-order valence-corrected chi connectivity index (χ4v) is 4.10. The van der Waals surface area contributed by atoms with Crippen molar-refractivity contribution in [2.24, 2.45) is 0 Å². The molecule has 0 amide bonds. The van der Waals surface area contributed by atoms with Crippen molar-refractivity contribution >= 4 is 28.2 Å². The van der Waals surface area contributed by atoms with E-state index in [0.29, 0.717) is 10.9 Å². The van der Waals surface area contributed by atoms with Crippen molar-refractivity contribution in [1.82, 2.24) is 15.6 Å². The Balaban J connectivity index is 1.41. The number of H-pyrrole nitrogens is 1. The van der Waals surface area contributed by atoms with Gasteiger partial charge in [-0.15, -0.1) is 0 Å². The first-order valence-electron chi connectivity index (χ1n) is 13.6. The first-order valence-corrected chi connectivity index (χ1v) is 14.0. The van der Waals surface area contributed by atoms with E-state index in [2.05, 4.69) is 71.1 Å². The first-order chi connectivity index (χ1) is 17.7. The van der Waals surface area contributed by atoms with Gasteiger partial charge in [0.05, 0.1) is 0 Å². The van der Waals surface area contributed by atoms with E-state index >= 15 is 0 Å². The lowest BCUT2D eigenvalue weighted by molar-refractivity contribution is 0.476. The van der Waals surface area contributed by atoms with Crippen LogP contribution in [0.15, 0.2) is 73.0 Å². The van der Waals surface area contributed by atoms with Crippen molar-refractivity contribution in [2.45, 2.75) is 77.6 Å². The van der Waals surface area contributed by atoms with Crippen molar-refractivity contribution in [1.29, 1.82) is 0 Å². The zero-order valence-corrected chi connectivity index (χ0v) is 22.8. The molecule has 1 heterocycles. The van der Waals surface area contributed by atoms with E-state index in [9.17, 15) is 5.11 Å². The van der Waals surface area contributed by atoms with Crippen molar-refractivity contribution in [2.75, 3.05) is 13.1 Å². The number of fused-ring (bicyclic) bond motifs is 1. The van der Waals surface area contributed by atoms with Crippen LogP contribution < -0.4 is 10.6 Å². The van der Waals surface area contributed by atoms with Gasteiger partial charge in [-0.2, -0.15) is 0 Å². The monoisotopic (exact) mass is 507 g/mol. The van der Waals surface area contributed by atoms with Crippen LogP contribution >= 0.6 is 12.2 Å². The Hall–Kier alpha value is -2.79. The predicted molar refractivity (Wildman–Crippen MR) is 161 cm³/mol. The van der Waals surface area contributed by atoms with Gasteiger partial charge in [0.25, 0.3) is 0 Å². The number of phenols is 1. The Labute approximate surface area is 223 Å². The number of benzene rings is 1. The minimum absolute atomic E-state index is 0.291. The van der Waals surface area contributed by atoms with Gasteiger partial charge in [-0.25, -0.2) is 0 Å². The summed E-state index contributed by atoms with van der Waals surface area (Å²) in [5.74, 6) is 0.291. The summed E-state index contributed by atoms with van der Waals surface area (Å²) in [6.45, 7) is 3.90. The second-order valence-electron chi connectivity index (χ2n) is 9.06. The molecule has 2 aromatic rings. The van der Waals surface area contributed by atoms with E-state index in [4.69, 9.17) is 12.2 Å². The highest BCUT2D eigenvalue weighted by atomic mass is 32.1. The maximum atomic E-state index is 9.70. The largest absolute Gasteiger partial charge is 0.508 e. The average Bonchev–Trinajstić information content (AvgIpc) is 3.27. The van der Waals surface area contributed by atoms with Crippen LogP contribution in [0.1, 0.15) is 76.7 Å². The van der Waals surface area contributed by atoms with Crippen molar-refractivity contribution in [3.05, 3.63) is 78.6 Å². The van der Waals surface area contributed by atoms with Gasteiger partial charge in [0.15, 0.2) is 5.11 Å². The molecule has 1 aromatic carbocycles. The van der Waals surface area contributed by atoms with E-state index in [1.54, 1.807) is 12.1 Å². The molecule has 2 rings (SSSR count). The van der Waals surface area contributed by atoms with Crippen LogP contribution in [0.4, 0.5) is 0 Å². The fourth-order valence-electron chi connectivity index (χ4n) is 3.90. The Morgan fingerprint density at radius 3 is 2.11 bits per heavy atom. The summed E-state index contributed by atoms with van der Waals surface area (Å²) in [6, 6.07) is 5.40. The Bertz CT molecular complexity index is 987. The van der Waals surface area contributed by atoms with Gasteiger partial charge in [0.2, 0.25) is 0 Å². The summed E-state index contributed by atoms with van der Waals surface area (Å²) in [7, 11) is 0. The summed E-state index contributed by atoms with van der Waals surface area (Å²) in [4.78, 5) is 3.24. The third-order valence-corrected chi connectivity index (χ3v) is 6.26. The summed E-state index contributed by atoms with van der Waals surface area (Å²) in [5.41, 5.74) is 2.22. The summed E-state index contributed by atoms with van der Waals surface area (Å²) in [5, 5.41) is 18.0. The van der Waals surface area contributed by atoms with Gasteiger partial charge in [0, 0.05) is 30.2 Å². The number of thiocarbonyl (C=S) groups is 1. The maximum absolute atomic E-state index is 9.70. The molecule has 4 nitrogen and oxygen atoms in total. The molecule has 0 bridgehead atoms. The molecule has 0 radical (unpaired) electrons. The Kier molecular flexibility index (Phi) is 15.9. The summed E-state index contributed by atoms with van der Waals surface area (Å²) in [6.07, 6.45) is 32.5. The first kappa shape index (κ1) is 29.4. The number of allylic oxidation sites excluding steroid dienone is 8. The highest BCUT2D eigenvalue weighted by Gasteiger charge is 2.04. The van der Waals surface area contributed by atoms with Crippen molar-refractivity contribution < 1.29 is 5.11 Å². The molecular weight excluding hydrogens is 462 g/mol. The molecule has 0 aliphatic carbocycles. The molecule has 0 aliphatic heterocycles. The molecule has 36 heavy (non-hydrogen) atoms. The molecule has 4 N–H and O–H groups in total. The molecule has 0 atom stereocenters. The zero-order chi connectivity index (χ0) is 25.7. The third-order valence-electron chi connectivity index (χ3n) is 5.97. The number of aromatic amines is 1. The number of aromatic hydroxyl groups is 1. The quantitative estimate of drug-likeness (QED) is 0.0937. The predicted octanol–water partition coefficient (Wildman–Crippen LogP) is 8.03. The number of unbranched alkanes of at least 4 members (excludes halogenated alkanes) is 5. The minimum atomic E-state index is 0.291. The molecule has 0 spiro atoms. The lowest BCUT2D eigenvalue weighted by Crippen LogP contribution is -2.36. The molecule has 0 fully saturated rings. The fraction of sp³-hybridized carbons (Fsp3) is 0.452. The van der Waals surface area contributed by atoms with Gasteiger partial charge >= 0.3 is 0 Å². The Morgan fingerprint density at radius 2 is 1.44 bits per heavy atom. The number of phenolic OH excluding ortho intramolecular Hbond substituents is 1. The molecule has 0 saturated heterocycles. The topological polar surface area (TPSA) is 60.1 Å². The second kappa shape index (κ2) is 19.4. The maximum Gasteiger partial charge on any atom is 0.166 e. The van der Waals surface area contributed by atoms with Gasteiger partial charge in [0.1, 0.15) is 5.75 Å². The van der Waals surface area contributed by atoms with Crippen molar-refractivity contribution in [3.63, 3.8) is 0 Å². The number of nitrogens with one attached hydrogen (secondary N) is 3. The smallest absolute Gasteiger partial charge is 0.166 e. The Morgan fingerprint density at radius 1 is 0.833 bits per heavy atom. The molecule has 5 heteroatoms. The molecule has 1 aromatic heterocycles. The van der Waals surface area contributed by atoms with E-state index in [1.165, 1.54) is 31.2 Å². The number of rotatable bonds is 18. The van der Waals surface area contributed by atoms with Gasteiger partial charge in [-0.05, 0) is 93.8 Å². The number of hydrogen-bond donors (Lipinski definition) is 4. The number of hydrogen-bond acceptors (Lipinski definition) is 2. The van der Waals surface area contributed by atoms with Crippen LogP contribution in [0.3, 0.4) is 0 Å². The van der Waals surface area contributed by atoms with Crippen LogP contribution in [0.2, 0.25) is 0 Å². The van der Waals surface area contributed by atoms with Crippen LogP contribution in [0.5, 0.6) is 5.75 Å². The molecule has 0 aliphatic rings. The number of aromatic nitrogens is 1. The summed E-state index contributed by atoms with van der Waals surface area (Å²) >= 11 is 5.38. The van der Waals surface area contributed by atoms with Crippen LogP contribution in [-0.2, 0) is 6.42 Å².